The first-order valence-electron chi connectivity index (χ1n) is 7.32. The zero-order chi connectivity index (χ0) is 15.8. The third-order valence-electron chi connectivity index (χ3n) is 3.04. The summed E-state index contributed by atoms with van der Waals surface area (Å²) in [6.45, 7) is 7.12. The van der Waals surface area contributed by atoms with Crippen LogP contribution in [-0.4, -0.2) is 24.9 Å². The second-order valence-electron chi connectivity index (χ2n) is 5.57. The van der Waals surface area contributed by atoms with Crippen LogP contribution in [0.15, 0.2) is 18.2 Å². The number of carbonyl (C=O) groups excluding carboxylic acids is 2. The fourth-order valence-electron chi connectivity index (χ4n) is 1.82. The minimum absolute atomic E-state index is 0. The van der Waals surface area contributed by atoms with Crippen molar-refractivity contribution in [1.82, 2.24) is 5.32 Å². The van der Waals surface area contributed by atoms with E-state index < -0.39 is 0 Å². The van der Waals surface area contributed by atoms with Crippen LogP contribution in [0.2, 0.25) is 0 Å². The van der Waals surface area contributed by atoms with Gasteiger partial charge in [0.2, 0.25) is 5.91 Å². The van der Waals surface area contributed by atoms with E-state index in [1.165, 1.54) is 0 Å². The van der Waals surface area contributed by atoms with E-state index in [0.29, 0.717) is 37.4 Å². The largest absolute Gasteiger partial charge is 0.352 e. The van der Waals surface area contributed by atoms with E-state index in [1.807, 2.05) is 20.8 Å². The van der Waals surface area contributed by atoms with Crippen molar-refractivity contribution in [3.8, 4) is 0 Å². The molecule has 0 aliphatic heterocycles. The second-order valence-corrected chi connectivity index (χ2v) is 5.57. The van der Waals surface area contributed by atoms with Crippen molar-refractivity contribution < 1.29 is 9.59 Å². The number of amides is 2. The molecular formula is C16H26ClN3O2. The Labute approximate surface area is 138 Å². The van der Waals surface area contributed by atoms with Gasteiger partial charge in [0.1, 0.15) is 0 Å². The first-order valence-corrected chi connectivity index (χ1v) is 7.32. The summed E-state index contributed by atoms with van der Waals surface area (Å²) in [4.78, 5) is 23.6. The van der Waals surface area contributed by atoms with E-state index >= 15 is 0 Å². The molecule has 1 rings (SSSR count). The average Bonchev–Trinajstić information content (AvgIpc) is 2.44. The van der Waals surface area contributed by atoms with Gasteiger partial charge in [-0.25, -0.2) is 0 Å². The lowest BCUT2D eigenvalue weighted by Gasteiger charge is -2.11. The van der Waals surface area contributed by atoms with Gasteiger partial charge >= 0.3 is 0 Å². The number of halogens is 1. The van der Waals surface area contributed by atoms with Gasteiger partial charge in [0.25, 0.3) is 5.91 Å². The number of aryl methyl sites for hydroxylation is 1. The number of benzene rings is 1. The van der Waals surface area contributed by atoms with Gasteiger partial charge in [0.15, 0.2) is 0 Å². The SMILES string of the molecule is Cc1cc(C(=O)NCC(C)C)ccc1NC(=O)CCCN.Cl. The van der Waals surface area contributed by atoms with Crippen LogP contribution in [0.3, 0.4) is 0 Å². The van der Waals surface area contributed by atoms with Gasteiger partial charge in [-0.2, -0.15) is 0 Å². The molecule has 1 aromatic carbocycles. The van der Waals surface area contributed by atoms with E-state index in [1.54, 1.807) is 18.2 Å². The maximum absolute atomic E-state index is 12.0. The van der Waals surface area contributed by atoms with Gasteiger partial charge < -0.3 is 16.4 Å². The molecule has 0 aromatic heterocycles. The van der Waals surface area contributed by atoms with E-state index in [0.717, 1.165) is 11.3 Å². The minimum Gasteiger partial charge on any atom is -0.352 e. The Kier molecular flexibility index (Phi) is 9.45. The van der Waals surface area contributed by atoms with Gasteiger partial charge in [-0.1, -0.05) is 13.8 Å². The van der Waals surface area contributed by atoms with Crippen LogP contribution in [0.5, 0.6) is 0 Å². The molecule has 0 radical (unpaired) electrons. The normalized spacial score (nSPS) is 10.0. The predicted octanol–water partition coefficient (Wildman–Crippen LogP) is 2.48. The van der Waals surface area contributed by atoms with Crippen molar-refractivity contribution >= 4 is 29.9 Å². The quantitative estimate of drug-likeness (QED) is 0.719. The molecule has 4 N–H and O–H groups in total. The summed E-state index contributed by atoms with van der Waals surface area (Å²) in [6, 6.07) is 5.27. The lowest BCUT2D eigenvalue weighted by Crippen LogP contribution is -2.27. The molecule has 0 fully saturated rings. The molecule has 0 aliphatic rings. The van der Waals surface area contributed by atoms with Gasteiger partial charge in [0, 0.05) is 24.2 Å². The molecule has 0 saturated heterocycles. The molecule has 0 saturated carbocycles. The monoisotopic (exact) mass is 327 g/mol. The summed E-state index contributed by atoms with van der Waals surface area (Å²) in [5, 5.41) is 5.71. The first kappa shape index (κ1) is 20.4. The molecule has 0 spiro atoms. The Bertz CT molecular complexity index is 504. The van der Waals surface area contributed by atoms with Gasteiger partial charge in [-0.15, -0.1) is 12.4 Å². The number of rotatable bonds is 7. The first-order chi connectivity index (χ1) is 9.93. The van der Waals surface area contributed by atoms with Crippen molar-refractivity contribution in [2.75, 3.05) is 18.4 Å². The number of hydrogen-bond acceptors (Lipinski definition) is 3. The van der Waals surface area contributed by atoms with Gasteiger partial charge in [0.05, 0.1) is 0 Å². The molecule has 0 aliphatic carbocycles. The molecule has 0 atom stereocenters. The fraction of sp³-hybridized carbons (Fsp3) is 0.500. The van der Waals surface area contributed by atoms with Gasteiger partial charge in [-0.3, -0.25) is 9.59 Å². The third-order valence-corrected chi connectivity index (χ3v) is 3.04. The highest BCUT2D eigenvalue weighted by Gasteiger charge is 2.09. The molecule has 1 aromatic rings. The summed E-state index contributed by atoms with van der Waals surface area (Å²) in [5.41, 5.74) is 7.59. The highest BCUT2D eigenvalue weighted by Crippen LogP contribution is 2.17. The molecular weight excluding hydrogens is 302 g/mol. The summed E-state index contributed by atoms with van der Waals surface area (Å²) < 4.78 is 0. The number of hydrogen-bond donors (Lipinski definition) is 3. The number of nitrogens with two attached hydrogens (primary N) is 1. The molecule has 0 unspecified atom stereocenters. The standard InChI is InChI=1S/C16H25N3O2.ClH/c1-11(2)10-18-16(21)13-6-7-14(12(3)9-13)19-15(20)5-4-8-17;/h6-7,9,11H,4-5,8,10,17H2,1-3H3,(H,18,21)(H,19,20);1H. The molecule has 0 bridgehead atoms. The average molecular weight is 328 g/mol. The zero-order valence-electron chi connectivity index (χ0n) is 13.4. The van der Waals surface area contributed by atoms with Crippen LogP contribution >= 0.6 is 12.4 Å². The van der Waals surface area contributed by atoms with Crippen molar-refractivity contribution in [2.45, 2.75) is 33.6 Å². The minimum atomic E-state index is -0.0900. The van der Waals surface area contributed by atoms with Crippen LogP contribution < -0.4 is 16.4 Å². The maximum Gasteiger partial charge on any atom is 0.251 e. The highest BCUT2D eigenvalue weighted by atomic mass is 35.5. The highest BCUT2D eigenvalue weighted by molar-refractivity contribution is 5.96. The lowest BCUT2D eigenvalue weighted by atomic mass is 10.1. The molecule has 22 heavy (non-hydrogen) atoms. The summed E-state index contributed by atoms with van der Waals surface area (Å²) >= 11 is 0. The summed E-state index contributed by atoms with van der Waals surface area (Å²) in [5.74, 6) is 0.268. The van der Waals surface area contributed by atoms with E-state index in [9.17, 15) is 9.59 Å². The van der Waals surface area contributed by atoms with Crippen molar-refractivity contribution in [1.29, 1.82) is 0 Å². The molecule has 124 valence electrons. The summed E-state index contributed by atoms with van der Waals surface area (Å²) in [6.07, 6.45) is 1.08. The Hall–Kier alpha value is -1.59. The Balaban J connectivity index is 0.00000441. The van der Waals surface area contributed by atoms with E-state index in [2.05, 4.69) is 10.6 Å². The van der Waals surface area contributed by atoms with E-state index in [-0.39, 0.29) is 24.2 Å². The van der Waals surface area contributed by atoms with Crippen LogP contribution in [0.25, 0.3) is 0 Å². The van der Waals surface area contributed by atoms with E-state index in [4.69, 9.17) is 5.73 Å². The lowest BCUT2D eigenvalue weighted by molar-refractivity contribution is -0.116. The molecule has 5 nitrogen and oxygen atoms in total. The van der Waals surface area contributed by atoms with Crippen molar-refractivity contribution in [3.05, 3.63) is 29.3 Å². The Morgan fingerprint density at radius 2 is 1.95 bits per heavy atom. The second kappa shape index (κ2) is 10.2. The van der Waals surface area contributed by atoms with Gasteiger partial charge in [-0.05, 0) is 49.6 Å². The topological polar surface area (TPSA) is 84.2 Å². The van der Waals surface area contributed by atoms with Crippen LogP contribution in [0.1, 0.15) is 42.6 Å². The molecule has 0 heterocycles. The number of nitrogens with one attached hydrogen (secondary N) is 2. The van der Waals surface area contributed by atoms with Crippen molar-refractivity contribution in [2.24, 2.45) is 11.7 Å². The smallest absolute Gasteiger partial charge is 0.251 e. The summed E-state index contributed by atoms with van der Waals surface area (Å²) in [7, 11) is 0. The van der Waals surface area contributed by atoms with Crippen LogP contribution in [0, 0.1) is 12.8 Å². The zero-order valence-corrected chi connectivity index (χ0v) is 14.3. The maximum atomic E-state index is 12.0. The van der Waals surface area contributed by atoms with Crippen LogP contribution in [0.4, 0.5) is 5.69 Å². The Morgan fingerprint density at radius 3 is 2.50 bits per heavy atom. The van der Waals surface area contributed by atoms with Crippen molar-refractivity contribution in [3.63, 3.8) is 0 Å². The van der Waals surface area contributed by atoms with Crippen LogP contribution in [-0.2, 0) is 4.79 Å². The molecule has 6 heteroatoms. The number of anilines is 1. The fourth-order valence-corrected chi connectivity index (χ4v) is 1.82. The third kappa shape index (κ3) is 6.91. The molecule has 2 amide bonds. The Morgan fingerprint density at radius 1 is 1.27 bits per heavy atom. The predicted molar refractivity (Wildman–Crippen MR) is 92.5 cm³/mol. The number of carbonyl (C=O) groups is 2.